The van der Waals surface area contributed by atoms with Gasteiger partial charge in [0.25, 0.3) is 5.91 Å². The highest BCUT2D eigenvalue weighted by Crippen LogP contribution is 2.14. The lowest BCUT2D eigenvalue weighted by Crippen LogP contribution is -2.14. The van der Waals surface area contributed by atoms with E-state index in [1.807, 2.05) is 59.4 Å². The van der Waals surface area contributed by atoms with Crippen molar-refractivity contribution in [1.82, 2.24) is 20.0 Å². The van der Waals surface area contributed by atoms with Crippen molar-refractivity contribution in [3.05, 3.63) is 96.4 Å². The second kappa shape index (κ2) is 8.13. The summed E-state index contributed by atoms with van der Waals surface area (Å²) in [5.41, 5.74) is 2.92. The van der Waals surface area contributed by atoms with E-state index in [1.54, 1.807) is 18.3 Å². The third-order valence-electron chi connectivity index (χ3n) is 4.02. The van der Waals surface area contributed by atoms with Gasteiger partial charge in [-0.05, 0) is 29.8 Å². The Morgan fingerprint density at radius 3 is 2.32 bits per heavy atom. The average molecular weight is 370 g/mol. The minimum Gasteiger partial charge on any atom is -0.336 e. The van der Waals surface area contributed by atoms with Crippen molar-refractivity contribution in [2.45, 2.75) is 6.54 Å². The van der Waals surface area contributed by atoms with E-state index in [0.717, 1.165) is 5.69 Å². The van der Waals surface area contributed by atoms with E-state index in [-0.39, 0.29) is 11.6 Å². The normalized spacial score (nSPS) is 10.4. The maximum Gasteiger partial charge on any atom is 0.276 e. The molecule has 138 valence electrons. The van der Waals surface area contributed by atoms with Gasteiger partial charge in [-0.2, -0.15) is 5.10 Å². The van der Waals surface area contributed by atoms with E-state index < -0.39 is 0 Å². The molecule has 4 aromatic rings. The van der Waals surface area contributed by atoms with Gasteiger partial charge in [-0.25, -0.2) is 0 Å². The first-order chi connectivity index (χ1) is 13.8. The van der Waals surface area contributed by atoms with Crippen molar-refractivity contribution in [3.8, 4) is 0 Å². The van der Waals surface area contributed by atoms with Gasteiger partial charge in [-0.15, -0.1) is 10.2 Å². The van der Waals surface area contributed by atoms with Crippen LogP contribution in [-0.2, 0) is 6.54 Å². The molecule has 7 nitrogen and oxygen atoms in total. The molecule has 2 aromatic carbocycles. The summed E-state index contributed by atoms with van der Waals surface area (Å²) in [5, 5.41) is 18.3. The quantitative estimate of drug-likeness (QED) is 0.540. The first kappa shape index (κ1) is 17.4. The van der Waals surface area contributed by atoms with Gasteiger partial charge < -0.3 is 10.6 Å². The van der Waals surface area contributed by atoms with Crippen molar-refractivity contribution < 1.29 is 4.79 Å². The van der Waals surface area contributed by atoms with Crippen LogP contribution in [0.3, 0.4) is 0 Å². The van der Waals surface area contributed by atoms with Gasteiger partial charge in [0.1, 0.15) is 0 Å². The molecule has 1 amide bonds. The highest BCUT2D eigenvalue weighted by atomic mass is 16.1. The zero-order valence-corrected chi connectivity index (χ0v) is 15.0. The topological polar surface area (TPSA) is 84.7 Å². The Morgan fingerprint density at radius 2 is 1.61 bits per heavy atom. The summed E-state index contributed by atoms with van der Waals surface area (Å²) in [7, 11) is 0. The standard InChI is InChI=1S/C21H18N6O/c28-21(24-17-9-5-2-6-10-17)19-11-12-20(26-25-19)23-18-13-22-27(15-18)14-16-7-3-1-4-8-16/h1-13,15H,14H2,(H,23,26)(H,24,28). The Balaban J connectivity index is 1.37. The molecular weight excluding hydrogens is 352 g/mol. The Bertz CT molecular complexity index is 1050. The number of hydrogen-bond acceptors (Lipinski definition) is 5. The van der Waals surface area contributed by atoms with Crippen molar-refractivity contribution in [2.24, 2.45) is 0 Å². The van der Waals surface area contributed by atoms with Crippen molar-refractivity contribution in [1.29, 1.82) is 0 Å². The molecule has 4 rings (SSSR count). The third kappa shape index (κ3) is 4.39. The number of benzene rings is 2. The first-order valence-electron chi connectivity index (χ1n) is 8.80. The smallest absolute Gasteiger partial charge is 0.276 e. The van der Waals surface area contributed by atoms with Crippen molar-refractivity contribution in [2.75, 3.05) is 10.6 Å². The van der Waals surface area contributed by atoms with Gasteiger partial charge in [0.05, 0.1) is 18.4 Å². The minimum atomic E-state index is -0.305. The molecule has 2 N–H and O–H groups in total. The van der Waals surface area contributed by atoms with E-state index in [4.69, 9.17) is 0 Å². The molecule has 2 aromatic heterocycles. The average Bonchev–Trinajstić information content (AvgIpc) is 3.17. The summed E-state index contributed by atoms with van der Waals surface area (Å²) in [6, 6.07) is 22.7. The number of amides is 1. The van der Waals surface area contributed by atoms with Crippen LogP contribution in [0.5, 0.6) is 0 Å². The number of aromatic nitrogens is 4. The lowest BCUT2D eigenvalue weighted by atomic mass is 10.2. The molecule has 0 aliphatic heterocycles. The zero-order chi connectivity index (χ0) is 19.2. The summed E-state index contributed by atoms with van der Waals surface area (Å²) >= 11 is 0. The molecule has 0 spiro atoms. The second-order valence-corrected chi connectivity index (χ2v) is 6.16. The Labute approximate surface area is 162 Å². The molecule has 0 radical (unpaired) electrons. The van der Waals surface area contributed by atoms with Crippen molar-refractivity contribution in [3.63, 3.8) is 0 Å². The molecule has 0 saturated heterocycles. The van der Waals surface area contributed by atoms with Gasteiger partial charge in [-0.3, -0.25) is 9.48 Å². The molecule has 0 aliphatic carbocycles. The number of carbonyl (C=O) groups is 1. The summed E-state index contributed by atoms with van der Waals surface area (Å²) < 4.78 is 1.84. The number of rotatable bonds is 6. The van der Waals surface area contributed by atoms with Gasteiger partial charge in [0.2, 0.25) is 0 Å². The molecular formula is C21H18N6O. The van der Waals surface area contributed by atoms with Crippen LogP contribution >= 0.6 is 0 Å². The van der Waals surface area contributed by atoms with Gasteiger partial charge >= 0.3 is 0 Å². The summed E-state index contributed by atoms with van der Waals surface area (Å²) in [4.78, 5) is 12.2. The SMILES string of the molecule is O=C(Nc1ccccc1)c1ccc(Nc2cnn(Cc3ccccc3)c2)nn1. The second-order valence-electron chi connectivity index (χ2n) is 6.16. The predicted octanol–water partition coefficient (Wildman–Crippen LogP) is 3.72. The summed E-state index contributed by atoms with van der Waals surface area (Å²) in [5.74, 6) is 0.233. The van der Waals surface area contributed by atoms with Crippen LogP contribution in [0.1, 0.15) is 16.1 Å². The number of hydrogen-bond donors (Lipinski definition) is 2. The molecule has 0 fully saturated rings. The predicted molar refractivity (Wildman–Crippen MR) is 107 cm³/mol. The largest absolute Gasteiger partial charge is 0.336 e. The molecule has 7 heteroatoms. The molecule has 0 unspecified atom stereocenters. The lowest BCUT2D eigenvalue weighted by Gasteiger charge is -2.05. The fraction of sp³-hybridized carbons (Fsp3) is 0.0476. The minimum absolute atomic E-state index is 0.245. The van der Waals surface area contributed by atoms with E-state index in [1.165, 1.54) is 5.56 Å². The van der Waals surface area contributed by atoms with Crippen LogP contribution in [0.25, 0.3) is 0 Å². The Hall–Kier alpha value is -4.00. The number of para-hydroxylation sites is 1. The van der Waals surface area contributed by atoms with Crippen LogP contribution in [0.2, 0.25) is 0 Å². The number of carbonyl (C=O) groups excluding carboxylic acids is 1. The molecule has 28 heavy (non-hydrogen) atoms. The maximum absolute atomic E-state index is 12.2. The van der Waals surface area contributed by atoms with Gasteiger partial charge in [0, 0.05) is 11.9 Å². The van der Waals surface area contributed by atoms with Gasteiger partial charge in [-0.1, -0.05) is 48.5 Å². The number of nitrogens with zero attached hydrogens (tertiary/aromatic N) is 4. The Kier molecular flexibility index (Phi) is 5.06. The fourth-order valence-electron chi connectivity index (χ4n) is 2.67. The number of nitrogens with one attached hydrogen (secondary N) is 2. The fourth-order valence-corrected chi connectivity index (χ4v) is 2.67. The molecule has 2 heterocycles. The monoisotopic (exact) mass is 370 g/mol. The van der Waals surface area contributed by atoms with Crippen LogP contribution < -0.4 is 10.6 Å². The molecule has 0 atom stereocenters. The van der Waals surface area contributed by atoms with Crippen molar-refractivity contribution >= 4 is 23.1 Å². The van der Waals surface area contributed by atoms with E-state index in [0.29, 0.717) is 18.1 Å². The molecule has 0 bridgehead atoms. The molecule has 0 saturated carbocycles. The summed E-state index contributed by atoms with van der Waals surface area (Å²) in [6.45, 7) is 0.687. The first-order valence-corrected chi connectivity index (χ1v) is 8.80. The maximum atomic E-state index is 12.2. The van der Waals surface area contributed by atoms with E-state index in [2.05, 4.69) is 38.1 Å². The van der Waals surface area contributed by atoms with Crippen LogP contribution in [0, 0.1) is 0 Å². The zero-order valence-electron chi connectivity index (χ0n) is 15.0. The third-order valence-corrected chi connectivity index (χ3v) is 4.02. The van der Waals surface area contributed by atoms with Crippen LogP contribution in [0.4, 0.5) is 17.2 Å². The highest BCUT2D eigenvalue weighted by molar-refractivity contribution is 6.02. The highest BCUT2D eigenvalue weighted by Gasteiger charge is 2.09. The van der Waals surface area contributed by atoms with E-state index in [9.17, 15) is 4.79 Å². The summed E-state index contributed by atoms with van der Waals surface area (Å²) in [6.07, 6.45) is 3.62. The van der Waals surface area contributed by atoms with Gasteiger partial charge in [0.15, 0.2) is 11.5 Å². The lowest BCUT2D eigenvalue weighted by molar-refractivity contribution is 0.102. The molecule has 0 aliphatic rings. The van der Waals surface area contributed by atoms with Crippen LogP contribution in [-0.4, -0.2) is 25.9 Å². The Morgan fingerprint density at radius 1 is 0.857 bits per heavy atom. The number of anilines is 3. The van der Waals surface area contributed by atoms with Crippen LogP contribution in [0.15, 0.2) is 85.2 Å². The van der Waals surface area contributed by atoms with E-state index >= 15 is 0 Å².